The molecule has 1 amide bonds. The summed E-state index contributed by atoms with van der Waals surface area (Å²) in [5, 5.41) is 11.2. The van der Waals surface area contributed by atoms with Gasteiger partial charge >= 0.3 is 0 Å². The Morgan fingerprint density at radius 3 is 2.75 bits per heavy atom. The van der Waals surface area contributed by atoms with Crippen molar-refractivity contribution in [3.8, 4) is 11.5 Å². The van der Waals surface area contributed by atoms with Crippen LogP contribution in [0.1, 0.15) is 12.2 Å². The number of benzene rings is 1. The fraction of sp³-hybridized carbons (Fsp3) is 0.188. The van der Waals surface area contributed by atoms with Crippen LogP contribution in [0, 0.1) is 6.92 Å². The lowest BCUT2D eigenvalue weighted by Gasteiger charge is -2.04. The summed E-state index contributed by atoms with van der Waals surface area (Å²) in [6.07, 6.45) is 1.93. The summed E-state index contributed by atoms with van der Waals surface area (Å²) in [6.45, 7) is 1.83. The predicted molar refractivity (Wildman–Crippen MR) is 94.8 cm³/mol. The summed E-state index contributed by atoms with van der Waals surface area (Å²) in [6, 6.07) is 9.21. The van der Waals surface area contributed by atoms with Crippen molar-refractivity contribution in [3.63, 3.8) is 0 Å². The van der Waals surface area contributed by atoms with Crippen LogP contribution in [0.2, 0.25) is 0 Å². The first-order chi connectivity index (χ1) is 11.6. The van der Waals surface area contributed by atoms with E-state index in [-0.39, 0.29) is 5.91 Å². The highest BCUT2D eigenvalue weighted by molar-refractivity contribution is 9.10. The molecule has 124 valence electrons. The SMILES string of the molecule is Cc1occc1-c1nnc(SCCC(=O)Nc2ccc(Br)cc2)o1. The number of rotatable bonds is 6. The fourth-order valence-electron chi connectivity index (χ4n) is 1.97. The van der Waals surface area contributed by atoms with Gasteiger partial charge in [0, 0.05) is 22.3 Å². The molecule has 0 saturated carbocycles. The minimum Gasteiger partial charge on any atom is -0.469 e. The van der Waals surface area contributed by atoms with Crippen LogP contribution in [-0.2, 0) is 4.79 Å². The largest absolute Gasteiger partial charge is 0.469 e. The number of nitrogens with zero attached hydrogens (tertiary/aromatic N) is 2. The lowest BCUT2D eigenvalue weighted by molar-refractivity contribution is -0.115. The number of aryl methyl sites for hydroxylation is 1. The van der Waals surface area contributed by atoms with Crippen molar-refractivity contribution < 1.29 is 13.6 Å². The maximum atomic E-state index is 11.9. The summed E-state index contributed by atoms with van der Waals surface area (Å²) >= 11 is 4.70. The van der Waals surface area contributed by atoms with Gasteiger partial charge in [-0.3, -0.25) is 4.79 Å². The maximum Gasteiger partial charge on any atom is 0.276 e. The molecule has 3 aromatic rings. The van der Waals surface area contributed by atoms with Gasteiger partial charge in [0.05, 0.1) is 11.8 Å². The average molecular weight is 408 g/mol. The van der Waals surface area contributed by atoms with Crippen LogP contribution in [0.3, 0.4) is 0 Å². The van der Waals surface area contributed by atoms with Gasteiger partial charge in [0.15, 0.2) is 0 Å². The number of carbonyl (C=O) groups is 1. The first-order valence-electron chi connectivity index (χ1n) is 7.18. The topological polar surface area (TPSA) is 81.2 Å². The van der Waals surface area contributed by atoms with E-state index in [1.807, 2.05) is 31.2 Å². The molecule has 2 aromatic heterocycles. The minimum absolute atomic E-state index is 0.0600. The number of furan rings is 1. The van der Waals surface area contributed by atoms with E-state index in [9.17, 15) is 4.79 Å². The van der Waals surface area contributed by atoms with Gasteiger partial charge in [-0.2, -0.15) is 0 Å². The Morgan fingerprint density at radius 2 is 2.04 bits per heavy atom. The van der Waals surface area contributed by atoms with E-state index < -0.39 is 0 Å². The van der Waals surface area contributed by atoms with Gasteiger partial charge in [-0.15, -0.1) is 10.2 Å². The molecule has 3 rings (SSSR count). The maximum absolute atomic E-state index is 11.9. The molecule has 24 heavy (non-hydrogen) atoms. The highest BCUT2D eigenvalue weighted by Gasteiger charge is 2.13. The third-order valence-corrected chi connectivity index (χ3v) is 4.53. The number of nitrogens with one attached hydrogen (secondary N) is 1. The van der Waals surface area contributed by atoms with Crippen molar-refractivity contribution in [3.05, 3.63) is 46.8 Å². The monoisotopic (exact) mass is 407 g/mol. The summed E-state index contributed by atoms with van der Waals surface area (Å²) in [5.41, 5.74) is 1.55. The average Bonchev–Trinajstić information content (AvgIpc) is 3.18. The van der Waals surface area contributed by atoms with Crippen molar-refractivity contribution in [1.29, 1.82) is 0 Å². The van der Waals surface area contributed by atoms with Crippen molar-refractivity contribution >= 4 is 39.3 Å². The van der Waals surface area contributed by atoms with Crippen molar-refractivity contribution in [2.45, 2.75) is 18.6 Å². The van der Waals surface area contributed by atoms with Gasteiger partial charge in [-0.25, -0.2) is 0 Å². The molecular formula is C16H14BrN3O3S. The van der Waals surface area contributed by atoms with Crippen LogP contribution in [0.25, 0.3) is 11.5 Å². The van der Waals surface area contributed by atoms with Crippen LogP contribution in [-0.4, -0.2) is 21.9 Å². The number of thioether (sulfide) groups is 1. The first-order valence-corrected chi connectivity index (χ1v) is 8.96. The molecule has 0 radical (unpaired) electrons. The smallest absolute Gasteiger partial charge is 0.276 e. The minimum atomic E-state index is -0.0600. The fourth-order valence-corrected chi connectivity index (χ4v) is 2.93. The molecule has 8 heteroatoms. The highest BCUT2D eigenvalue weighted by Crippen LogP contribution is 2.26. The number of carbonyl (C=O) groups excluding carboxylic acids is 1. The molecule has 0 saturated heterocycles. The van der Waals surface area contributed by atoms with Gasteiger partial charge in [-0.1, -0.05) is 27.7 Å². The van der Waals surface area contributed by atoms with E-state index in [0.29, 0.717) is 23.3 Å². The van der Waals surface area contributed by atoms with Gasteiger partial charge in [-0.05, 0) is 37.3 Å². The molecule has 2 heterocycles. The van der Waals surface area contributed by atoms with Crippen LogP contribution in [0.15, 0.2) is 55.1 Å². The molecule has 0 unspecified atom stereocenters. The Kier molecular flexibility index (Phi) is 5.37. The summed E-state index contributed by atoms with van der Waals surface area (Å²) < 4.78 is 11.7. The highest BCUT2D eigenvalue weighted by atomic mass is 79.9. The molecule has 0 atom stereocenters. The first kappa shape index (κ1) is 16.8. The molecule has 0 aliphatic heterocycles. The summed E-state index contributed by atoms with van der Waals surface area (Å²) in [5.74, 6) is 1.64. The van der Waals surface area contributed by atoms with E-state index in [1.54, 1.807) is 12.3 Å². The molecule has 1 aromatic carbocycles. The van der Waals surface area contributed by atoms with Crippen molar-refractivity contribution in [2.75, 3.05) is 11.1 Å². The van der Waals surface area contributed by atoms with Crippen molar-refractivity contribution in [2.24, 2.45) is 0 Å². The zero-order valence-corrected chi connectivity index (χ0v) is 15.2. The Hall–Kier alpha value is -2.06. The normalized spacial score (nSPS) is 10.8. The zero-order chi connectivity index (χ0) is 16.9. The van der Waals surface area contributed by atoms with Gasteiger partial charge in [0.1, 0.15) is 5.76 Å². The lowest BCUT2D eigenvalue weighted by atomic mass is 10.3. The number of hydrogen-bond donors (Lipinski definition) is 1. The predicted octanol–water partition coefficient (Wildman–Crippen LogP) is 4.52. The molecule has 0 aliphatic rings. The second kappa shape index (κ2) is 7.67. The van der Waals surface area contributed by atoms with Gasteiger partial charge in [0.25, 0.3) is 11.1 Å². The van der Waals surface area contributed by atoms with Crippen LogP contribution in [0.4, 0.5) is 5.69 Å². The standard InChI is InChI=1S/C16H14BrN3O3S/c1-10-13(6-8-22-10)15-19-20-16(23-15)24-9-7-14(21)18-12-4-2-11(17)3-5-12/h2-6,8H,7,9H2,1H3,(H,18,21). The van der Waals surface area contributed by atoms with Crippen LogP contribution < -0.4 is 5.32 Å². The van der Waals surface area contributed by atoms with Gasteiger partial charge in [0.2, 0.25) is 5.91 Å². The third kappa shape index (κ3) is 4.27. The molecule has 6 nitrogen and oxygen atoms in total. The Balaban J connectivity index is 1.48. The van der Waals surface area contributed by atoms with Crippen LogP contribution >= 0.6 is 27.7 Å². The van der Waals surface area contributed by atoms with E-state index in [0.717, 1.165) is 21.5 Å². The summed E-state index contributed by atoms with van der Waals surface area (Å²) in [4.78, 5) is 11.9. The van der Waals surface area contributed by atoms with E-state index in [2.05, 4.69) is 31.4 Å². The Bertz CT molecular complexity index is 829. The molecule has 0 spiro atoms. The van der Waals surface area contributed by atoms with Gasteiger partial charge < -0.3 is 14.2 Å². The molecular weight excluding hydrogens is 394 g/mol. The van der Waals surface area contributed by atoms with Crippen LogP contribution in [0.5, 0.6) is 0 Å². The number of anilines is 1. The number of amides is 1. The van der Waals surface area contributed by atoms with E-state index in [1.165, 1.54) is 11.8 Å². The Labute approximate surface area is 151 Å². The zero-order valence-electron chi connectivity index (χ0n) is 12.8. The lowest BCUT2D eigenvalue weighted by Crippen LogP contribution is -2.11. The second-order valence-electron chi connectivity index (χ2n) is 4.92. The number of aromatic nitrogens is 2. The quantitative estimate of drug-likeness (QED) is 0.604. The van der Waals surface area contributed by atoms with E-state index >= 15 is 0 Å². The molecule has 0 fully saturated rings. The molecule has 0 aliphatic carbocycles. The Morgan fingerprint density at radius 1 is 1.25 bits per heavy atom. The number of halogens is 1. The van der Waals surface area contributed by atoms with E-state index in [4.69, 9.17) is 8.83 Å². The molecule has 1 N–H and O–H groups in total. The second-order valence-corrected chi connectivity index (χ2v) is 6.88. The molecule has 0 bridgehead atoms. The summed E-state index contributed by atoms with van der Waals surface area (Å²) in [7, 11) is 0. The third-order valence-electron chi connectivity index (χ3n) is 3.18. The number of hydrogen-bond acceptors (Lipinski definition) is 6. The van der Waals surface area contributed by atoms with Crippen molar-refractivity contribution in [1.82, 2.24) is 10.2 Å².